The fourth-order valence-corrected chi connectivity index (χ4v) is 4.07. The van der Waals surface area contributed by atoms with Gasteiger partial charge in [0.2, 0.25) is 5.43 Å². The van der Waals surface area contributed by atoms with Crippen molar-refractivity contribution in [3.63, 3.8) is 0 Å². The molecular weight excluding hydrogens is 496 g/mol. The minimum atomic E-state index is -0.909. The van der Waals surface area contributed by atoms with E-state index in [1.54, 1.807) is 13.0 Å². The molecule has 0 saturated heterocycles. The fraction of sp³-hybridized carbons (Fsp3) is 0.346. The number of benzene rings is 2. The van der Waals surface area contributed by atoms with Crippen molar-refractivity contribution in [1.82, 2.24) is 4.57 Å². The zero-order valence-electron chi connectivity index (χ0n) is 20.3. The SMILES string of the molecule is CCOC(=O)c1cn([C@H](COC(=O)OC)C(C)C)c2cc(F)c(Cc3cccc(Cl)c3F)cc2c1=O. The van der Waals surface area contributed by atoms with Crippen molar-refractivity contribution in [2.75, 3.05) is 20.3 Å². The molecule has 192 valence electrons. The topological polar surface area (TPSA) is 83.8 Å². The molecule has 0 amide bonds. The van der Waals surface area contributed by atoms with E-state index in [-0.39, 0.29) is 58.2 Å². The second kappa shape index (κ2) is 11.5. The molecule has 0 radical (unpaired) electrons. The van der Waals surface area contributed by atoms with Gasteiger partial charge in [-0.1, -0.05) is 37.6 Å². The van der Waals surface area contributed by atoms with E-state index in [1.807, 2.05) is 13.8 Å². The predicted molar refractivity (Wildman–Crippen MR) is 131 cm³/mol. The van der Waals surface area contributed by atoms with E-state index in [1.165, 1.54) is 36.1 Å². The van der Waals surface area contributed by atoms with Gasteiger partial charge in [-0.2, -0.15) is 0 Å². The number of hydrogen-bond acceptors (Lipinski definition) is 6. The van der Waals surface area contributed by atoms with Crippen molar-refractivity contribution in [3.8, 4) is 0 Å². The highest BCUT2D eigenvalue weighted by Gasteiger charge is 2.25. The lowest BCUT2D eigenvalue weighted by Gasteiger charge is -2.26. The number of ether oxygens (including phenoxy) is 3. The Labute approximate surface area is 211 Å². The quantitative estimate of drug-likeness (QED) is 0.355. The van der Waals surface area contributed by atoms with Gasteiger partial charge in [-0.05, 0) is 42.2 Å². The van der Waals surface area contributed by atoms with Gasteiger partial charge in [0.1, 0.15) is 23.8 Å². The lowest BCUT2D eigenvalue weighted by molar-refractivity contribution is 0.0510. The first-order valence-corrected chi connectivity index (χ1v) is 11.6. The van der Waals surface area contributed by atoms with Gasteiger partial charge in [-0.15, -0.1) is 0 Å². The van der Waals surface area contributed by atoms with Crippen molar-refractivity contribution in [2.24, 2.45) is 5.92 Å². The summed E-state index contributed by atoms with van der Waals surface area (Å²) in [5.41, 5.74) is -0.564. The van der Waals surface area contributed by atoms with E-state index in [0.29, 0.717) is 0 Å². The first kappa shape index (κ1) is 27.1. The zero-order valence-corrected chi connectivity index (χ0v) is 21.0. The molecule has 0 saturated carbocycles. The molecular formula is C26H26ClF2NO6. The third-order valence-electron chi connectivity index (χ3n) is 5.77. The van der Waals surface area contributed by atoms with Crippen molar-refractivity contribution in [1.29, 1.82) is 0 Å². The minimum absolute atomic E-state index is 0.0307. The van der Waals surface area contributed by atoms with E-state index in [9.17, 15) is 18.8 Å². The molecule has 1 aromatic heterocycles. The molecule has 3 aromatic rings. The average Bonchev–Trinajstić information content (AvgIpc) is 2.83. The van der Waals surface area contributed by atoms with Gasteiger partial charge in [-0.3, -0.25) is 4.79 Å². The Morgan fingerprint density at radius 2 is 1.83 bits per heavy atom. The Balaban J connectivity index is 2.24. The van der Waals surface area contributed by atoms with Crippen LogP contribution in [0.4, 0.5) is 13.6 Å². The number of esters is 1. The molecule has 0 aliphatic carbocycles. The molecule has 1 atom stereocenters. The molecule has 1 heterocycles. The van der Waals surface area contributed by atoms with Crippen LogP contribution in [0.15, 0.2) is 41.3 Å². The number of nitrogens with zero attached hydrogens (tertiary/aromatic N) is 1. The summed E-state index contributed by atoms with van der Waals surface area (Å²) >= 11 is 5.85. The second-order valence-corrected chi connectivity index (χ2v) is 8.83. The Morgan fingerprint density at radius 3 is 2.47 bits per heavy atom. The number of aromatic nitrogens is 1. The standard InChI is InChI=1S/C26H26ClF2NO6/c1-5-35-25(32)18-12-30(22(14(2)3)13-36-26(33)34-4)21-11-20(28)16(10-17(21)24(18)31)9-15-7-6-8-19(27)23(15)29/h6-8,10-12,14,22H,5,9,13H2,1-4H3/t22-/m1/s1. The monoisotopic (exact) mass is 521 g/mol. The summed E-state index contributed by atoms with van der Waals surface area (Å²) in [6.07, 6.45) is 0.202. The largest absolute Gasteiger partial charge is 0.508 e. The van der Waals surface area contributed by atoms with Crippen molar-refractivity contribution in [3.05, 3.63) is 80.1 Å². The van der Waals surface area contributed by atoms with Gasteiger partial charge in [0.25, 0.3) is 0 Å². The van der Waals surface area contributed by atoms with Crippen LogP contribution in [0.25, 0.3) is 10.9 Å². The molecule has 0 bridgehead atoms. The Morgan fingerprint density at radius 1 is 1.11 bits per heavy atom. The number of pyridine rings is 1. The Bertz CT molecular complexity index is 1350. The summed E-state index contributed by atoms with van der Waals surface area (Å²) in [7, 11) is 1.17. The lowest BCUT2D eigenvalue weighted by atomic mass is 9.99. The summed E-state index contributed by atoms with van der Waals surface area (Å²) in [6.45, 7) is 5.16. The highest BCUT2D eigenvalue weighted by Crippen LogP contribution is 2.28. The highest BCUT2D eigenvalue weighted by atomic mass is 35.5. The maximum atomic E-state index is 15.3. The van der Waals surface area contributed by atoms with Gasteiger partial charge in [0.15, 0.2) is 0 Å². The van der Waals surface area contributed by atoms with Crippen molar-refractivity contribution < 1.29 is 32.6 Å². The number of fused-ring (bicyclic) bond motifs is 1. The predicted octanol–water partition coefficient (Wildman–Crippen LogP) is 5.68. The van der Waals surface area contributed by atoms with E-state index in [4.69, 9.17) is 21.1 Å². The molecule has 3 rings (SSSR count). The molecule has 0 aliphatic heterocycles. The molecule has 2 aromatic carbocycles. The van der Waals surface area contributed by atoms with Crippen molar-refractivity contribution >= 4 is 34.6 Å². The molecule has 36 heavy (non-hydrogen) atoms. The van der Waals surface area contributed by atoms with Gasteiger partial charge >= 0.3 is 12.1 Å². The zero-order chi connectivity index (χ0) is 26.6. The Hall–Kier alpha value is -3.46. The van der Waals surface area contributed by atoms with Crippen molar-refractivity contribution in [2.45, 2.75) is 33.2 Å². The normalized spacial score (nSPS) is 12.0. The van der Waals surface area contributed by atoms with Crippen LogP contribution >= 0.6 is 11.6 Å². The van der Waals surface area contributed by atoms with Gasteiger partial charge in [0.05, 0.1) is 30.3 Å². The fourth-order valence-electron chi connectivity index (χ4n) is 3.88. The number of hydrogen-bond donors (Lipinski definition) is 0. The number of carbonyl (C=O) groups is 2. The van der Waals surface area contributed by atoms with Gasteiger partial charge in [-0.25, -0.2) is 18.4 Å². The van der Waals surface area contributed by atoms with E-state index in [2.05, 4.69) is 4.74 Å². The highest BCUT2D eigenvalue weighted by molar-refractivity contribution is 6.30. The number of methoxy groups -OCH3 is 1. The molecule has 0 aliphatic rings. The van der Waals surface area contributed by atoms with Crippen LogP contribution in [0.2, 0.25) is 5.02 Å². The van der Waals surface area contributed by atoms with E-state index < -0.39 is 35.2 Å². The van der Waals surface area contributed by atoms with E-state index >= 15 is 4.39 Å². The summed E-state index contributed by atoms with van der Waals surface area (Å²) in [4.78, 5) is 37.5. The molecule has 0 fully saturated rings. The summed E-state index contributed by atoms with van der Waals surface area (Å²) < 4.78 is 46.0. The molecule has 10 heteroatoms. The number of rotatable bonds is 8. The summed E-state index contributed by atoms with van der Waals surface area (Å²) in [5.74, 6) is -2.38. The van der Waals surface area contributed by atoms with Crippen LogP contribution in [0.1, 0.15) is 48.3 Å². The lowest BCUT2D eigenvalue weighted by Crippen LogP contribution is -2.28. The first-order valence-electron chi connectivity index (χ1n) is 11.3. The minimum Gasteiger partial charge on any atom is -0.462 e. The Kier molecular flexibility index (Phi) is 8.68. The number of halogens is 3. The van der Waals surface area contributed by atoms with Crippen LogP contribution in [0, 0.1) is 17.6 Å². The van der Waals surface area contributed by atoms with E-state index in [0.717, 1.165) is 6.07 Å². The molecule has 0 N–H and O–H groups in total. The number of carbonyl (C=O) groups excluding carboxylic acids is 2. The van der Waals surface area contributed by atoms with Crippen LogP contribution in [-0.4, -0.2) is 37.0 Å². The summed E-state index contributed by atoms with van der Waals surface area (Å²) in [5, 5.41) is -0.0749. The first-order chi connectivity index (χ1) is 17.1. The maximum absolute atomic E-state index is 15.3. The van der Waals surface area contributed by atoms with Gasteiger partial charge in [0, 0.05) is 18.0 Å². The molecule has 0 unspecified atom stereocenters. The van der Waals surface area contributed by atoms with Crippen LogP contribution < -0.4 is 5.43 Å². The summed E-state index contributed by atoms with van der Waals surface area (Å²) in [6, 6.07) is 6.25. The molecule has 0 spiro atoms. The maximum Gasteiger partial charge on any atom is 0.508 e. The second-order valence-electron chi connectivity index (χ2n) is 8.43. The van der Waals surface area contributed by atoms with Crippen LogP contribution in [-0.2, 0) is 20.6 Å². The van der Waals surface area contributed by atoms with Gasteiger partial charge < -0.3 is 18.8 Å². The van der Waals surface area contributed by atoms with Crippen LogP contribution in [0.3, 0.4) is 0 Å². The smallest absolute Gasteiger partial charge is 0.462 e. The molecule has 7 nitrogen and oxygen atoms in total. The van der Waals surface area contributed by atoms with Crippen LogP contribution in [0.5, 0.6) is 0 Å². The third kappa shape index (κ3) is 5.67. The third-order valence-corrected chi connectivity index (χ3v) is 6.07. The average molecular weight is 522 g/mol.